The summed E-state index contributed by atoms with van der Waals surface area (Å²) in [7, 11) is 0. The molecule has 0 aliphatic heterocycles. The van der Waals surface area contributed by atoms with E-state index in [1.54, 1.807) is 11.3 Å². The normalized spacial score (nSPS) is 12.9. The van der Waals surface area contributed by atoms with E-state index in [1.165, 1.54) is 4.88 Å². The van der Waals surface area contributed by atoms with Crippen molar-refractivity contribution in [2.45, 2.75) is 26.2 Å². The zero-order chi connectivity index (χ0) is 8.27. The largest absolute Gasteiger partial charge is 0.298 e. The monoisotopic (exact) mass is 168 g/mol. The minimum Gasteiger partial charge on any atom is -0.298 e. The lowest BCUT2D eigenvalue weighted by Crippen LogP contribution is -1.85. The average Bonchev–Trinajstić information content (AvgIpc) is 2.50. The Hall–Kier alpha value is -0.630. The van der Waals surface area contributed by atoms with Gasteiger partial charge in [0.15, 0.2) is 6.29 Å². The first-order chi connectivity index (χ1) is 5.27. The maximum atomic E-state index is 10.3. The van der Waals surface area contributed by atoms with Crippen LogP contribution in [0.3, 0.4) is 0 Å². The van der Waals surface area contributed by atoms with Gasteiger partial charge >= 0.3 is 0 Å². The van der Waals surface area contributed by atoms with E-state index in [0.717, 1.165) is 18.3 Å². The van der Waals surface area contributed by atoms with Crippen molar-refractivity contribution in [1.82, 2.24) is 0 Å². The fourth-order valence-corrected chi connectivity index (χ4v) is 1.89. The number of hydrogen-bond acceptors (Lipinski definition) is 2. The molecule has 0 aromatic carbocycles. The molecular weight excluding hydrogens is 156 g/mol. The Balaban J connectivity index is 2.79. The Bertz CT molecular complexity index is 239. The maximum absolute atomic E-state index is 10.3. The van der Waals surface area contributed by atoms with E-state index < -0.39 is 0 Å². The smallest absolute Gasteiger partial charge is 0.150 e. The summed E-state index contributed by atoms with van der Waals surface area (Å²) >= 11 is 1.68. The molecule has 2 heteroatoms. The minimum absolute atomic E-state index is 0.591. The number of carbonyl (C=O) groups excluding carboxylic acids is 1. The molecule has 1 nitrogen and oxygen atoms in total. The third kappa shape index (κ3) is 1.90. The van der Waals surface area contributed by atoms with Gasteiger partial charge in [0.05, 0.1) is 0 Å². The van der Waals surface area contributed by atoms with Gasteiger partial charge in [-0.3, -0.25) is 4.79 Å². The Morgan fingerprint density at radius 3 is 2.91 bits per heavy atom. The summed E-state index contributed by atoms with van der Waals surface area (Å²) in [6.45, 7) is 4.34. The van der Waals surface area contributed by atoms with Crippen LogP contribution in [0.2, 0.25) is 0 Å². The molecule has 0 bridgehead atoms. The van der Waals surface area contributed by atoms with E-state index in [9.17, 15) is 4.79 Å². The molecule has 1 unspecified atom stereocenters. The molecule has 0 radical (unpaired) electrons. The molecular formula is C9H12OS. The van der Waals surface area contributed by atoms with Crippen molar-refractivity contribution in [3.8, 4) is 0 Å². The molecule has 0 spiro atoms. The summed E-state index contributed by atoms with van der Waals surface area (Å²) in [6, 6.07) is 1.98. The fourth-order valence-electron chi connectivity index (χ4n) is 0.890. The van der Waals surface area contributed by atoms with Gasteiger partial charge in [0, 0.05) is 15.8 Å². The van der Waals surface area contributed by atoms with Gasteiger partial charge in [-0.15, -0.1) is 11.3 Å². The van der Waals surface area contributed by atoms with Gasteiger partial charge in [0.1, 0.15) is 0 Å². The molecule has 0 N–H and O–H groups in total. The summed E-state index contributed by atoms with van der Waals surface area (Å²) in [5.41, 5.74) is 0.810. The molecule has 1 heterocycles. The van der Waals surface area contributed by atoms with Gasteiger partial charge in [0.25, 0.3) is 0 Å². The van der Waals surface area contributed by atoms with Crippen LogP contribution in [0.4, 0.5) is 0 Å². The summed E-state index contributed by atoms with van der Waals surface area (Å²) in [4.78, 5) is 11.7. The summed E-state index contributed by atoms with van der Waals surface area (Å²) in [5, 5.41) is 1.91. The molecule has 0 fully saturated rings. The summed E-state index contributed by atoms with van der Waals surface area (Å²) < 4.78 is 0. The number of hydrogen-bond donors (Lipinski definition) is 0. The van der Waals surface area contributed by atoms with E-state index in [0.29, 0.717) is 5.92 Å². The standard InChI is InChI=1S/C9H12OS/c1-3-7(2)9-4-8(5-10)6-11-9/h4-7H,3H2,1-2H3. The van der Waals surface area contributed by atoms with Crippen LogP contribution in [0.25, 0.3) is 0 Å². The SMILES string of the molecule is CCC(C)c1cc(C=O)cs1. The van der Waals surface area contributed by atoms with Gasteiger partial charge in [-0.05, 0) is 18.4 Å². The van der Waals surface area contributed by atoms with Crippen molar-refractivity contribution >= 4 is 17.6 Å². The van der Waals surface area contributed by atoms with Gasteiger partial charge in [-0.2, -0.15) is 0 Å². The quantitative estimate of drug-likeness (QED) is 0.634. The van der Waals surface area contributed by atoms with E-state index in [-0.39, 0.29) is 0 Å². The number of carbonyl (C=O) groups is 1. The molecule has 11 heavy (non-hydrogen) atoms. The first kappa shape index (κ1) is 8.47. The van der Waals surface area contributed by atoms with Gasteiger partial charge in [-0.1, -0.05) is 13.8 Å². The molecule has 0 saturated carbocycles. The highest BCUT2D eigenvalue weighted by Gasteiger charge is 2.05. The van der Waals surface area contributed by atoms with Crippen LogP contribution in [0.5, 0.6) is 0 Å². The van der Waals surface area contributed by atoms with Crippen LogP contribution < -0.4 is 0 Å². The predicted molar refractivity (Wildman–Crippen MR) is 48.4 cm³/mol. The lowest BCUT2D eigenvalue weighted by Gasteiger charge is -2.02. The molecule has 1 aromatic heterocycles. The van der Waals surface area contributed by atoms with Crippen molar-refractivity contribution in [1.29, 1.82) is 0 Å². The summed E-state index contributed by atoms with van der Waals surface area (Å²) in [5.74, 6) is 0.591. The van der Waals surface area contributed by atoms with Crippen LogP contribution in [0, 0.1) is 0 Å². The minimum atomic E-state index is 0.591. The maximum Gasteiger partial charge on any atom is 0.150 e. The highest BCUT2D eigenvalue weighted by atomic mass is 32.1. The summed E-state index contributed by atoms with van der Waals surface area (Å²) in [6.07, 6.45) is 2.04. The number of rotatable bonds is 3. The van der Waals surface area contributed by atoms with Gasteiger partial charge in [0.2, 0.25) is 0 Å². The van der Waals surface area contributed by atoms with Crippen molar-refractivity contribution in [2.75, 3.05) is 0 Å². The Morgan fingerprint density at radius 2 is 2.45 bits per heavy atom. The predicted octanol–water partition coefficient (Wildman–Crippen LogP) is 3.07. The third-order valence-corrected chi connectivity index (χ3v) is 3.06. The number of thiophene rings is 1. The lowest BCUT2D eigenvalue weighted by molar-refractivity contribution is 0.112. The first-order valence-corrected chi connectivity index (χ1v) is 4.69. The molecule has 1 rings (SSSR count). The van der Waals surface area contributed by atoms with Crippen LogP contribution in [0.1, 0.15) is 41.4 Å². The molecule has 0 saturated heterocycles. The van der Waals surface area contributed by atoms with E-state index in [1.807, 2.05) is 11.4 Å². The first-order valence-electron chi connectivity index (χ1n) is 3.81. The van der Waals surface area contributed by atoms with Gasteiger partial charge < -0.3 is 0 Å². The van der Waals surface area contributed by atoms with Gasteiger partial charge in [-0.25, -0.2) is 0 Å². The average molecular weight is 168 g/mol. The Kier molecular flexibility index (Phi) is 2.83. The zero-order valence-corrected chi connectivity index (χ0v) is 7.65. The van der Waals surface area contributed by atoms with Crippen LogP contribution in [-0.2, 0) is 0 Å². The van der Waals surface area contributed by atoms with Crippen LogP contribution in [-0.4, -0.2) is 6.29 Å². The Morgan fingerprint density at radius 1 is 1.73 bits per heavy atom. The fraction of sp³-hybridized carbons (Fsp3) is 0.444. The highest BCUT2D eigenvalue weighted by Crippen LogP contribution is 2.24. The molecule has 1 aromatic rings. The molecule has 60 valence electrons. The molecule has 0 aliphatic rings. The van der Waals surface area contributed by atoms with E-state index in [2.05, 4.69) is 13.8 Å². The van der Waals surface area contributed by atoms with E-state index >= 15 is 0 Å². The second-order valence-electron chi connectivity index (χ2n) is 2.71. The van der Waals surface area contributed by atoms with Crippen molar-refractivity contribution in [3.05, 3.63) is 21.9 Å². The number of aldehydes is 1. The van der Waals surface area contributed by atoms with Crippen molar-refractivity contribution in [2.24, 2.45) is 0 Å². The van der Waals surface area contributed by atoms with Crippen LogP contribution in [0.15, 0.2) is 11.4 Å². The Labute approximate surface area is 71.1 Å². The molecule has 0 amide bonds. The lowest BCUT2D eigenvalue weighted by atomic mass is 10.1. The molecule has 0 aliphatic carbocycles. The highest BCUT2D eigenvalue weighted by molar-refractivity contribution is 7.10. The second kappa shape index (κ2) is 3.67. The molecule has 1 atom stereocenters. The van der Waals surface area contributed by atoms with Crippen molar-refractivity contribution < 1.29 is 4.79 Å². The van der Waals surface area contributed by atoms with Crippen molar-refractivity contribution in [3.63, 3.8) is 0 Å². The second-order valence-corrected chi connectivity index (χ2v) is 3.65. The zero-order valence-electron chi connectivity index (χ0n) is 6.83. The third-order valence-electron chi connectivity index (χ3n) is 1.87. The van der Waals surface area contributed by atoms with Crippen LogP contribution >= 0.6 is 11.3 Å². The topological polar surface area (TPSA) is 17.1 Å². The van der Waals surface area contributed by atoms with E-state index in [4.69, 9.17) is 0 Å².